The van der Waals surface area contributed by atoms with Crippen molar-refractivity contribution < 1.29 is 32.2 Å². The largest absolute Gasteiger partial charge is 0.497 e. The van der Waals surface area contributed by atoms with Crippen LogP contribution in [0, 0.1) is 0 Å². The number of alkyl halides is 3. The maximum Gasteiger partial charge on any atom is 0.418 e. The van der Waals surface area contributed by atoms with E-state index in [9.17, 15) is 22.8 Å². The number of carbonyl (C=O) groups is 2. The molecule has 1 saturated heterocycles. The van der Waals surface area contributed by atoms with Gasteiger partial charge in [-0.2, -0.15) is 13.2 Å². The van der Waals surface area contributed by atoms with Gasteiger partial charge in [-0.15, -0.1) is 0 Å². The van der Waals surface area contributed by atoms with Crippen LogP contribution in [0.5, 0.6) is 11.5 Å². The minimum Gasteiger partial charge on any atom is -0.497 e. The van der Waals surface area contributed by atoms with Crippen LogP contribution in [0.4, 0.5) is 24.5 Å². The van der Waals surface area contributed by atoms with Crippen LogP contribution >= 0.6 is 0 Å². The smallest absolute Gasteiger partial charge is 0.418 e. The van der Waals surface area contributed by atoms with Gasteiger partial charge >= 0.3 is 6.18 Å². The van der Waals surface area contributed by atoms with Gasteiger partial charge in [-0.05, 0) is 24.3 Å². The van der Waals surface area contributed by atoms with E-state index < -0.39 is 35.3 Å². The van der Waals surface area contributed by atoms with Crippen molar-refractivity contribution in [2.45, 2.75) is 18.6 Å². The molecule has 6 nitrogen and oxygen atoms in total. The third-order valence-corrected chi connectivity index (χ3v) is 4.34. The Morgan fingerprint density at radius 3 is 2.43 bits per heavy atom. The van der Waals surface area contributed by atoms with E-state index in [4.69, 9.17) is 9.47 Å². The first-order valence-corrected chi connectivity index (χ1v) is 8.28. The highest BCUT2D eigenvalue weighted by molar-refractivity contribution is 6.23. The number of rotatable bonds is 5. The highest BCUT2D eigenvalue weighted by atomic mass is 19.4. The minimum absolute atomic E-state index is 0.278. The van der Waals surface area contributed by atoms with Crippen molar-refractivity contribution in [1.82, 2.24) is 0 Å². The fraction of sp³-hybridized carbons (Fsp3) is 0.263. The number of hydrogen-bond donors (Lipinski definition) is 1. The van der Waals surface area contributed by atoms with Crippen molar-refractivity contribution in [2.75, 3.05) is 24.4 Å². The molecule has 2 amide bonds. The number of halogens is 3. The van der Waals surface area contributed by atoms with E-state index in [1.54, 1.807) is 18.2 Å². The SMILES string of the molecule is COc1ccc(NC2CC(=O)N(c3ccccc3C(F)(F)F)C2=O)c(OC)c1. The van der Waals surface area contributed by atoms with Gasteiger partial charge in [0.05, 0.1) is 37.6 Å². The van der Waals surface area contributed by atoms with E-state index in [0.717, 1.165) is 12.1 Å². The zero-order chi connectivity index (χ0) is 20.5. The number of amides is 2. The van der Waals surface area contributed by atoms with Gasteiger partial charge in [0.2, 0.25) is 5.91 Å². The molecule has 0 radical (unpaired) electrons. The van der Waals surface area contributed by atoms with Crippen LogP contribution in [0.2, 0.25) is 0 Å². The van der Waals surface area contributed by atoms with Crippen LogP contribution in [0.3, 0.4) is 0 Å². The lowest BCUT2D eigenvalue weighted by Gasteiger charge is -2.21. The zero-order valence-electron chi connectivity index (χ0n) is 15.0. The molecular weight excluding hydrogens is 377 g/mol. The maximum absolute atomic E-state index is 13.3. The average Bonchev–Trinajstić information content (AvgIpc) is 2.94. The van der Waals surface area contributed by atoms with Gasteiger partial charge in [-0.3, -0.25) is 9.59 Å². The Bertz CT molecular complexity index is 914. The number of imide groups is 1. The summed E-state index contributed by atoms with van der Waals surface area (Å²) in [5.74, 6) is -0.586. The summed E-state index contributed by atoms with van der Waals surface area (Å²) >= 11 is 0. The molecule has 9 heteroatoms. The van der Waals surface area contributed by atoms with Crippen LogP contribution in [0.25, 0.3) is 0 Å². The van der Waals surface area contributed by atoms with Crippen LogP contribution in [-0.4, -0.2) is 32.1 Å². The summed E-state index contributed by atoms with van der Waals surface area (Å²) in [5.41, 5.74) is -1.10. The van der Waals surface area contributed by atoms with Crippen LogP contribution in [0.1, 0.15) is 12.0 Å². The lowest BCUT2D eigenvalue weighted by molar-refractivity contribution is -0.137. The van der Waals surface area contributed by atoms with Gasteiger partial charge < -0.3 is 14.8 Å². The second kappa shape index (κ2) is 7.41. The standard InChI is InChI=1S/C19H17F3N2O4/c1-27-11-7-8-13(16(9-11)28-2)23-14-10-17(25)24(18(14)26)15-6-4-3-5-12(15)19(20,21)22/h3-9,14,23H,10H2,1-2H3. The van der Waals surface area contributed by atoms with E-state index in [1.165, 1.54) is 26.4 Å². The average molecular weight is 394 g/mol. The summed E-state index contributed by atoms with van der Waals surface area (Å²) in [6, 6.07) is 8.28. The van der Waals surface area contributed by atoms with Crippen LogP contribution < -0.4 is 19.7 Å². The number of nitrogens with one attached hydrogen (secondary N) is 1. The van der Waals surface area contributed by atoms with E-state index in [1.807, 2.05) is 0 Å². The molecule has 0 aliphatic carbocycles. The van der Waals surface area contributed by atoms with Gasteiger partial charge in [-0.25, -0.2) is 4.90 Å². The zero-order valence-corrected chi connectivity index (χ0v) is 15.0. The number of ether oxygens (including phenoxy) is 2. The third kappa shape index (κ3) is 3.60. The lowest BCUT2D eigenvalue weighted by atomic mass is 10.1. The summed E-state index contributed by atoms with van der Waals surface area (Å²) in [6.07, 6.45) is -4.97. The predicted molar refractivity (Wildman–Crippen MR) is 95.5 cm³/mol. The van der Waals surface area contributed by atoms with E-state index in [2.05, 4.69) is 5.32 Å². The fourth-order valence-electron chi connectivity index (χ4n) is 3.01. The summed E-state index contributed by atoms with van der Waals surface area (Å²) in [6.45, 7) is 0. The van der Waals surface area contributed by atoms with Gasteiger partial charge in [0, 0.05) is 6.07 Å². The molecule has 28 heavy (non-hydrogen) atoms. The van der Waals surface area contributed by atoms with Crippen molar-refractivity contribution >= 4 is 23.2 Å². The number of para-hydroxylation sites is 1. The first kappa shape index (κ1) is 19.5. The summed E-state index contributed by atoms with van der Waals surface area (Å²) in [4.78, 5) is 25.7. The van der Waals surface area contributed by atoms with Gasteiger partial charge in [0.15, 0.2) is 0 Å². The molecule has 0 aromatic heterocycles. The lowest BCUT2D eigenvalue weighted by Crippen LogP contribution is -2.36. The minimum atomic E-state index is -4.69. The number of hydrogen-bond acceptors (Lipinski definition) is 5. The number of nitrogens with zero attached hydrogens (tertiary/aromatic N) is 1. The molecule has 1 unspecified atom stereocenters. The molecule has 0 saturated carbocycles. The quantitative estimate of drug-likeness (QED) is 0.787. The van der Waals surface area contributed by atoms with E-state index >= 15 is 0 Å². The molecule has 1 atom stereocenters. The third-order valence-electron chi connectivity index (χ3n) is 4.34. The monoisotopic (exact) mass is 394 g/mol. The van der Waals surface area contributed by atoms with Crippen molar-refractivity contribution in [3.63, 3.8) is 0 Å². The first-order valence-electron chi connectivity index (χ1n) is 8.28. The van der Waals surface area contributed by atoms with Crippen molar-refractivity contribution in [3.05, 3.63) is 48.0 Å². The van der Waals surface area contributed by atoms with Crippen LogP contribution in [0.15, 0.2) is 42.5 Å². The normalized spacial score (nSPS) is 17.0. The Balaban J connectivity index is 1.90. The highest BCUT2D eigenvalue weighted by Gasteiger charge is 2.44. The highest BCUT2D eigenvalue weighted by Crippen LogP contribution is 2.39. The molecule has 1 aliphatic rings. The molecule has 0 bridgehead atoms. The molecular formula is C19H17F3N2O4. The molecule has 1 fully saturated rings. The van der Waals surface area contributed by atoms with E-state index in [0.29, 0.717) is 22.1 Å². The number of methoxy groups -OCH3 is 2. The van der Waals surface area contributed by atoms with Crippen molar-refractivity contribution in [3.8, 4) is 11.5 Å². The van der Waals surface area contributed by atoms with E-state index in [-0.39, 0.29) is 6.42 Å². The molecule has 1 heterocycles. The van der Waals surface area contributed by atoms with Gasteiger partial charge in [-0.1, -0.05) is 12.1 Å². The predicted octanol–water partition coefficient (Wildman–Crippen LogP) is 3.47. The number of carbonyl (C=O) groups excluding carboxylic acids is 2. The molecule has 148 valence electrons. The summed E-state index contributed by atoms with van der Waals surface area (Å²) in [5, 5.41) is 2.88. The van der Waals surface area contributed by atoms with Crippen molar-refractivity contribution in [2.24, 2.45) is 0 Å². The molecule has 0 spiro atoms. The fourth-order valence-corrected chi connectivity index (χ4v) is 3.01. The van der Waals surface area contributed by atoms with Crippen LogP contribution in [-0.2, 0) is 15.8 Å². The summed E-state index contributed by atoms with van der Waals surface area (Å²) in [7, 11) is 2.91. The van der Waals surface area contributed by atoms with Crippen molar-refractivity contribution in [1.29, 1.82) is 0 Å². The molecule has 3 rings (SSSR count). The Labute approximate surface area is 158 Å². The second-order valence-electron chi connectivity index (χ2n) is 6.05. The Hall–Kier alpha value is -3.23. The Morgan fingerprint density at radius 2 is 1.79 bits per heavy atom. The Kier molecular flexibility index (Phi) is 5.17. The van der Waals surface area contributed by atoms with Gasteiger partial charge in [0.25, 0.3) is 5.91 Å². The maximum atomic E-state index is 13.3. The number of anilines is 2. The van der Waals surface area contributed by atoms with Gasteiger partial charge in [0.1, 0.15) is 17.5 Å². The summed E-state index contributed by atoms with van der Waals surface area (Å²) < 4.78 is 50.2. The molecule has 1 aliphatic heterocycles. The number of benzene rings is 2. The second-order valence-corrected chi connectivity index (χ2v) is 6.05. The molecule has 2 aromatic carbocycles. The topological polar surface area (TPSA) is 67.9 Å². The Morgan fingerprint density at radius 1 is 1.07 bits per heavy atom. The molecule has 2 aromatic rings. The molecule has 1 N–H and O–H groups in total. The first-order chi connectivity index (χ1) is 13.3.